The molecule has 0 atom stereocenters. The van der Waals surface area contributed by atoms with Gasteiger partial charge < -0.3 is 20.9 Å². The summed E-state index contributed by atoms with van der Waals surface area (Å²) in [5.41, 5.74) is 6.84. The topological polar surface area (TPSA) is 96.3 Å². The fourth-order valence-corrected chi connectivity index (χ4v) is 1.77. The molecule has 6 nitrogen and oxygen atoms in total. The smallest absolute Gasteiger partial charge is 0.254 e. The molecule has 0 aliphatic heterocycles. The van der Waals surface area contributed by atoms with Crippen LogP contribution in [-0.4, -0.2) is 21.5 Å². The Morgan fingerprint density at radius 3 is 3.11 bits per heavy atom. The van der Waals surface area contributed by atoms with Crippen molar-refractivity contribution in [3.8, 4) is 0 Å². The van der Waals surface area contributed by atoms with Crippen LogP contribution < -0.4 is 11.1 Å². The quantitative estimate of drug-likeness (QED) is 0.577. The summed E-state index contributed by atoms with van der Waals surface area (Å²) in [7, 11) is 0. The van der Waals surface area contributed by atoms with Gasteiger partial charge in [-0.05, 0) is 12.1 Å². The summed E-state index contributed by atoms with van der Waals surface area (Å²) in [4.78, 5) is 15.8. The molecule has 0 aliphatic rings. The molecule has 98 valence electrons. The van der Waals surface area contributed by atoms with Gasteiger partial charge in [0, 0.05) is 23.6 Å². The molecule has 2 heterocycles. The number of hydrogen-bond acceptors (Lipinski definition) is 4. The molecule has 0 fully saturated rings. The van der Waals surface area contributed by atoms with Gasteiger partial charge in [-0.15, -0.1) is 0 Å². The van der Waals surface area contributed by atoms with Gasteiger partial charge in [0.05, 0.1) is 29.7 Å². The summed E-state index contributed by atoms with van der Waals surface area (Å²) in [5, 5.41) is 10.3. The zero-order chi connectivity index (χ0) is 13.8. The molecule has 1 amide bonds. The number of pyridine rings is 1. The number of nitrogens with one attached hydrogen (secondary N) is 2. The lowest BCUT2D eigenvalue weighted by atomic mass is 10.2. The van der Waals surface area contributed by atoms with Crippen molar-refractivity contribution >= 4 is 29.2 Å². The number of nitrogens with zero attached hydrogens (tertiary/aromatic N) is 2. The van der Waals surface area contributed by atoms with Crippen LogP contribution in [0.3, 0.4) is 0 Å². The summed E-state index contributed by atoms with van der Waals surface area (Å²) in [5.74, 6) is -0.416. The molecule has 0 saturated carbocycles. The van der Waals surface area contributed by atoms with Gasteiger partial charge in [-0.25, -0.2) is 4.98 Å². The van der Waals surface area contributed by atoms with Crippen LogP contribution in [0.1, 0.15) is 5.69 Å². The van der Waals surface area contributed by atoms with E-state index < -0.39 is 5.91 Å². The van der Waals surface area contributed by atoms with Gasteiger partial charge in [0.15, 0.2) is 0 Å². The SMILES string of the molecule is N=C/C(=C\N)C(=O)NCc1ncn2ccc(Cl)cc12. The monoisotopic (exact) mass is 277 g/mol. The number of imidazole rings is 1. The van der Waals surface area contributed by atoms with Crippen molar-refractivity contribution in [3.05, 3.63) is 47.1 Å². The third kappa shape index (κ3) is 2.74. The normalized spacial score (nSPS) is 11.5. The maximum absolute atomic E-state index is 11.6. The highest BCUT2D eigenvalue weighted by Crippen LogP contribution is 2.15. The standard InChI is InChI=1S/C12H12ClN5O/c13-9-1-2-18-7-17-10(11(18)3-9)6-16-12(19)8(4-14)5-15/h1-5,7,14H,6,15H2,(H,16,19)/b8-5+,14-4?. The van der Waals surface area contributed by atoms with E-state index in [4.69, 9.17) is 22.7 Å². The Labute approximate surface area is 114 Å². The molecule has 0 unspecified atom stereocenters. The maximum atomic E-state index is 11.6. The van der Waals surface area contributed by atoms with E-state index in [9.17, 15) is 4.79 Å². The average molecular weight is 278 g/mol. The Hall–Kier alpha value is -2.34. The van der Waals surface area contributed by atoms with Crippen molar-refractivity contribution in [1.82, 2.24) is 14.7 Å². The molecule has 0 aliphatic carbocycles. The van der Waals surface area contributed by atoms with E-state index in [0.29, 0.717) is 10.7 Å². The van der Waals surface area contributed by atoms with Crippen LogP contribution in [0.2, 0.25) is 5.02 Å². The predicted octanol–water partition coefficient (Wildman–Crippen LogP) is 1.10. The number of carbonyl (C=O) groups is 1. The van der Waals surface area contributed by atoms with E-state index in [1.807, 2.05) is 4.40 Å². The van der Waals surface area contributed by atoms with Gasteiger partial charge in [-0.2, -0.15) is 0 Å². The Bertz CT molecular complexity index is 661. The zero-order valence-electron chi connectivity index (χ0n) is 9.93. The molecule has 0 bridgehead atoms. The fraction of sp³-hybridized carbons (Fsp3) is 0.0833. The maximum Gasteiger partial charge on any atom is 0.254 e. The Morgan fingerprint density at radius 2 is 2.42 bits per heavy atom. The Balaban J connectivity index is 2.16. The first-order valence-electron chi connectivity index (χ1n) is 5.47. The highest BCUT2D eigenvalue weighted by molar-refractivity contribution is 6.30. The summed E-state index contributed by atoms with van der Waals surface area (Å²) in [6.07, 6.45) is 5.42. The van der Waals surface area contributed by atoms with E-state index in [0.717, 1.165) is 17.9 Å². The van der Waals surface area contributed by atoms with Crippen LogP contribution in [0.4, 0.5) is 0 Å². The van der Waals surface area contributed by atoms with Gasteiger partial charge in [0.2, 0.25) is 0 Å². The molecule has 0 aromatic carbocycles. The average Bonchev–Trinajstić information content (AvgIpc) is 2.80. The Morgan fingerprint density at radius 1 is 1.63 bits per heavy atom. The summed E-state index contributed by atoms with van der Waals surface area (Å²) < 4.78 is 1.81. The van der Waals surface area contributed by atoms with E-state index in [1.165, 1.54) is 0 Å². The summed E-state index contributed by atoms with van der Waals surface area (Å²) in [6.45, 7) is 0.237. The minimum atomic E-state index is -0.416. The number of rotatable bonds is 4. The molecular formula is C12H12ClN5O. The number of carbonyl (C=O) groups excluding carboxylic acids is 1. The third-order valence-corrected chi connectivity index (χ3v) is 2.83. The first-order chi connectivity index (χ1) is 9.15. The Kier molecular flexibility index (Phi) is 3.82. The number of hydrogen-bond donors (Lipinski definition) is 3. The van der Waals surface area contributed by atoms with E-state index >= 15 is 0 Å². The largest absolute Gasteiger partial charge is 0.404 e. The number of nitrogens with two attached hydrogens (primary N) is 1. The zero-order valence-corrected chi connectivity index (χ0v) is 10.7. The highest BCUT2D eigenvalue weighted by Gasteiger charge is 2.09. The van der Waals surface area contributed by atoms with Crippen LogP contribution in [0.25, 0.3) is 5.52 Å². The highest BCUT2D eigenvalue weighted by atomic mass is 35.5. The molecule has 2 aromatic heterocycles. The lowest BCUT2D eigenvalue weighted by Crippen LogP contribution is -2.25. The van der Waals surface area contributed by atoms with E-state index in [1.54, 1.807) is 24.7 Å². The molecule has 4 N–H and O–H groups in total. The van der Waals surface area contributed by atoms with Gasteiger partial charge >= 0.3 is 0 Å². The van der Waals surface area contributed by atoms with Crippen molar-refractivity contribution < 1.29 is 4.79 Å². The van der Waals surface area contributed by atoms with Crippen LogP contribution in [0.5, 0.6) is 0 Å². The molecule has 0 spiro atoms. The van der Waals surface area contributed by atoms with Crippen LogP contribution in [0, 0.1) is 5.41 Å². The summed E-state index contributed by atoms with van der Waals surface area (Å²) >= 11 is 5.92. The molecule has 7 heteroatoms. The second-order valence-electron chi connectivity index (χ2n) is 3.78. The molecular weight excluding hydrogens is 266 g/mol. The van der Waals surface area contributed by atoms with Crippen molar-refractivity contribution in [2.75, 3.05) is 0 Å². The second kappa shape index (κ2) is 5.53. The predicted molar refractivity (Wildman–Crippen MR) is 73.1 cm³/mol. The van der Waals surface area contributed by atoms with Crippen molar-refractivity contribution in [1.29, 1.82) is 5.41 Å². The first-order valence-corrected chi connectivity index (χ1v) is 5.85. The molecule has 0 radical (unpaired) electrons. The van der Waals surface area contributed by atoms with Gasteiger partial charge in [-0.3, -0.25) is 4.79 Å². The lowest BCUT2D eigenvalue weighted by molar-refractivity contribution is -0.117. The van der Waals surface area contributed by atoms with Crippen molar-refractivity contribution in [2.24, 2.45) is 5.73 Å². The molecule has 2 rings (SSSR count). The third-order valence-electron chi connectivity index (χ3n) is 2.59. The van der Waals surface area contributed by atoms with Crippen LogP contribution >= 0.6 is 11.6 Å². The van der Waals surface area contributed by atoms with Crippen molar-refractivity contribution in [2.45, 2.75) is 6.54 Å². The van der Waals surface area contributed by atoms with E-state index in [2.05, 4.69) is 10.3 Å². The molecule has 19 heavy (non-hydrogen) atoms. The minimum Gasteiger partial charge on any atom is -0.404 e. The van der Waals surface area contributed by atoms with Crippen LogP contribution in [0.15, 0.2) is 36.4 Å². The number of aromatic nitrogens is 2. The number of halogens is 1. The number of amides is 1. The molecule has 2 aromatic rings. The molecule has 0 saturated heterocycles. The van der Waals surface area contributed by atoms with Gasteiger partial charge in [0.25, 0.3) is 5.91 Å². The fourth-order valence-electron chi connectivity index (χ4n) is 1.61. The number of fused-ring (bicyclic) bond motifs is 1. The van der Waals surface area contributed by atoms with Gasteiger partial charge in [0.1, 0.15) is 0 Å². The van der Waals surface area contributed by atoms with Crippen LogP contribution in [-0.2, 0) is 11.3 Å². The second-order valence-corrected chi connectivity index (χ2v) is 4.21. The minimum absolute atomic E-state index is 0.0987. The van der Waals surface area contributed by atoms with E-state index in [-0.39, 0.29) is 12.1 Å². The summed E-state index contributed by atoms with van der Waals surface area (Å²) in [6, 6.07) is 3.52. The van der Waals surface area contributed by atoms with Gasteiger partial charge in [-0.1, -0.05) is 11.6 Å². The van der Waals surface area contributed by atoms with Crippen molar-refractivity contribution in [3.63, 3.8) is 0 Å². The first kappa shape index (κ1) is 13.1. The lowest BCUT2D eigenvalue weighted by Gasteiger charge is -2.03.